The Bertz CT molecular complexity index is 189. The topological polar surface area (TPSA) is 29.3 Å². The number of nitrogens with zero attached hydrogens (tertiary/aromatic N) is 1. The molecule has 0 heterocycles. The fourth-order valence-electron chi connectivity index (χ4n) is 2.45. The Hall–Kier alpha value is -0.340. The monoisotopic (exact) mass is 196 g/mol. The molecule has 0 radical (unpaired) electrons. The highest BCUT2D eigenvalue weighted by Gasteiger charge is 2.28. The Morgan fingerprint density at radius 3 is 2.79 bits per heavy atom. The second-order valence-electron chi connectivity index (χ2n) is 4.51. The highest BCUT2D eigenvalue weighted by molar-refractivity contribution is 4.98. The Labute approximate surface area is 88.2 Å². The zero-order chi connectivity index (χ0) is 10.6. The summed E-state index contributed by atoms with van der Waals surface area (Å²) in [6, 6.07) is 0.697. The first-order chi connectivity index (χ1) is 6.69. The van der Waals surface area contributed by atoms with Gasteiger partial charge < -0.3 is 5.73 Å². The van der Waals surface area contributed by atoms with Crippen molar-refractivity contribution < 1.29 is 0 Å². The zero-order valence-corrected chi connectivity index (χ0v) is 9.63. The predicted molar refractivity (Wildman–Crippen MR) is 62.2 cm³/mol. The number of nitrogens with two attached hydrogens (primary N) is 1. The first-order valence-corrected chi connectivity index (χ1v) is 5.76. The molecule has 1 aliphatic rings. The van der Waals surface area contributed by atoms with Crippen LogP contribution in [0.1, 0.15) is 32.6 Å². The van der Waals surface area contributed by atoms with Crippen LogP contribution in [-0.4, -0.2) is 31.1 Å². The molecule has 1 fully saturated rings. The average Bonchev–Trinajstić information content (AvgIpc) is 2.65. The van der Waals surface area contributed by atoms with E-state index < -0.39 is 0 Å². The van der Waals surface area contributed by atoms with Gasteiger partial charge in [-0.25, -0.2) is 0 Å². The third-order valence-electron chi connectivity index (χ3n) is 3.46. The summed E-state index contributed by atoms with van der Waals surface area (Å²) in [5, 5.41) is 0. The van der Waals surface area contributed by atoms with Crippen molar-refractivity contribution in [2.45, 2.75) is 38.6 Å². The standard InChI is InChI=1S/C12H24N2/c1-4-10(2)9-14(3)12-7-5-6-11(12)8-13/h11-12H,2,4-9,13H2,1,3H3. The molecule has 0 aromatic rings. The first-order valence-electron chi connectivity index (χ1n) is 5.76. The minimum atomic E-state index is 0.697. The fourth-order valence-corrected chi connectivity index (χ4v) is 2.45. The van der Waals surface area contributed by atoms with Gasteiger partial charge >= 0.3 is 0 Å². The van der Waals surface area contributed by atoms with Gasteiger partial charge in [0, 0.05) is 12.6 Å². The van der Waals surface area contributed by atoms with E-state index in [0.717, 1.165) is 19.5 Å². The fraction of sp³-hybridized carbons (Fsp3) is 0.833. The lowest BCUT2D eigenvalue weighted by Gasteiger charge is -2.29. The highest BCUT2D eigenvalue weighted by atomic mass is 15.1. The van der Waals surface area contributed by atoms with Crippen LogP contribution < -0.4 is 5.73 Å². The summed E-state index contributed by atoms with van der Waals surface area (Å²) in [5.74, 6) is 0.713. The third kappa shape index (κ3) is 2.82. The van der Waals surface area contributed by atoms with E-state index in [9.17, 15) is 0 Å². The third-order valence-corrected chi connectivity index (χ3v) is 3.46. The maximum absolute atomic E-state index is 5.78. The molecule has 0 amide bonds. The highest BCUT2D eigenvalue weighted by Crippen LogP contribution is 2.28. The number of hydrogen-bond donors (Lipinski definition) is 1. The largest absolute Gasteiger partial charge is 0.330 e. The van der Waals surface area contributed by atoms with Crippen LogP contribution in [0.2, 0.25) is 0 Å². The molecule has 0 aromatic carbocycles. The average molecular weight is 196 g/mol. The SMILES string of the molecule is C=C(CC)CN(C)C1CCCC1CN. The van der Waals surface area contributed by atoms with Gasteiger partial charge in [-0.2, -0.15) is 0 Å². The molecule has 0 saturated heterocycles. The van der Waals surface area contributed by atoms with Gasteiger partial charge in [-0.1, -0.05) is 25.5 Å². The van der Waals surface area contributed by atoms with Gasteiger partial charge in [0.1, 0.15) is 0 Å². The summed E-state index contributed by atoms with van der Waals surface area (Å²) in [4.78, 5) is 2.44. The van der Waals surface area contributed by atoms with E-state index in [-0.39, 0.29) is 0 Å². The minimum Gasteiger partial charge on any atom is -0.330 e. The van der Waals surface area contributed by atoms with E-state index >= 15 is 0 Å². The number of hydrogen-bond acceptors (Lipinski definition) is 2. The van der Waals surface area contributed by atoms with Gasteiger partial charge in [0.2, 0.25) is 0 Å². The molecule has 2 heteroatoms. The van der Waals surface area contributed by atoms with Gasteiger partial charge in [0.15, 0.2) is 0 Å². The van der Waals surface area contributed by atoms with Gasteiger partial charge in [-0.3, -0.25) is 4.90 Å². The normalized spacial score (nSPS) is 27.1. The maximum Gasteiger partial charge on any atom is 0.0190 e. The van der Waals surface area contributed by atoms with Crippen molar-refractivity contribution in [1.29, 1.82) is 0 Å². The van der Waals surface area contributed by atoms with Crippen molar-refractivity contribution in [3.8, 4) is 0 Å². The van der Waals surface area contributed by atoms with Gasteiger partial charge in [-0.05, 0) is 38.8 Å². The lowest BCUT2D eigenvalue weighted by molar-refractivity contribution is 0.214. The predicted octanol–water partition coefficient (Wildman–Crippen LogP) is 2.01. The van der Waals surface area contributed by atoms with Crippen LogP contribution in [0.25, 0.3) is 0 Å². The van der Waals surface area contributed by atoms with Crippen LogP contribution in [0, 0.1) is 5.92 Å². The van der Waals surface area contributed by atoms with E-state index in [2.05, 4.69) is 25.5 Å². The van der Waals surface area contributed by atoms with E-state index in [4.69, 9.17) is 5.73 Å². The zero-order valence-electron chi connectivity index (χ0n) is 9.63. The second-order valence-corrected chi connectivity index (χ2v) is 4.51. The lowest BCUT2D eigenvalue weighted by atomic mass is 10.0. The summed E-state index contributed by atoms with van der Waals surface area (Å²) in [7, 11) is 2.21. The molecule has 2 unspecified atom stereocenters. The van der Waals surface area contributed by atoms with Crippen molar-refractivity contribution in [3.63, 3.8) is 0 Å². The summed E-state index contributed by atoms with van der Waals surface area (Å²) < 4.78 is 0. The van der Waals surface area contributed by atoms with E-state index in [0.29, 0.717) is 12.0 Å². The Balaban J connectivity index is 2.42. The molecule has 1 saturated carbocycles. The summed E-state index contributed by atoms with van der Waals surface area (Å²) in [5.41, 5.74) is 7.11. The van der Waals surface area contributed by atoms with Crippen LogP contribution >= 0.6 is 0 Å². The summed E-state index contributed by atoms with van der Waals surface area (Å²) in [6.45, 7) is 8.11. The number of rotatable bonds is 5. The van der Waals surface area contributed by atoms with E-state index in [1.54, 1.807) is 0 Å². The summed E-state index contributed by atoms with van der Waals surface area (Å²) in [6.07, 6.45) is 5.05. The van der Waals surface area contributed by atoms with Crippen molar-refractivity contribution in [3.05, 3.63) is 12.2 Å². The van der Waals surface area contributed by atoms with Crippen LogP contribution in [0.3, 0.4) is 0 Å². The molecule has 1 rings (SSSR count). The van der Waals surface area contributed by atoms with Crippen LogP contribution in [0.5, 0.6) is 0 Å². The lowest BCUT2D eigenvalue weighted by Crippen LogP contribution is -2.38. The molecular formula is C12H24N2. The Kier molecular flexibility index (Phi) is 4.63. The van der Waals surface area contributed by atoms with E-state index in [1.807, 2.05) is 0 Å². The smallest absolute Gasteiger partial charge is 0.0190 e. The van der Waals surface area contributed by atoms with Gasteiger partial charge in [0.25, 0.3) is 0 Å². The number of likely N-dealkylation sites (N-methyl/N-ethyl adjacent to an activating group) is 1. The van der Waals surface area contributed by atoms with Gasteiger partial charge in [-0.15, -0.1) is 0 Å². The van der Waals surface area contributed by atoms with Gasteiger partial charge in [0.05, 0.1) is 0 Å². The van der Waals surface area contributed by atoms with Crippen LogP contribution in [0.15, 0.2) is 12.2 Å². The molecule has 1 aliphatic carbocycles. The Morgan fingerprint density at radius 1 is 1.50 bits per heavy atom. The maximum atomic E-state index is 5.78. The van der Waals surface area contributed by atoms with Crippen molar-refractivity contribution in [2.24, 2.45) is 11.7 Å². The van der Waals surface area contributed by atoms with Crippen molar-refractivity contribution in [2.75, 3.05) is 20.1 Å². The molecule has 2 nitrogen and oxygen atoms in total. The minimum absolute atomic E-state index is 0.697. The molecule has 14 heavy (non-hydrogen) atoms. The van der Waals surface area contributed by atoms with Crippen LogP contribution in [-0.2, 0) is 0 Å². The Morgan fingerprint density at radius 2 is 2.21 bits per heavy atom. The van der Waals surface area contributed by atoms with Crippen molar-refractivity contribution in [1.82, 2.24) is 4.90 Å². The molecule has 0 spiro atoms. The van der Waals surface area contributed by atoms with E-state index in [1.165, 1.54) is 24.8 Å². The second kappa shape index (κ2) is 5.52. The van der Waals surface area contributed by atoms with Crippen molar-refractivity contribution >= 4 is 0 Å². The molecule has 0 aromatic heterocycles. The first kappa shape index (κ1) is 11.7. The molecule has 2 N–H and O–H groups in total. The molecule has 2 atom stereocenters. The summed E-state index contributed by atoms with van der Waals surface area (Å²) >= 11 is 0. The molecule has 82 valence electrons. The molecule has 0 bridgehead atoms. The molecular weight excluding hydrogens is 172 g/mol. The quantitative estimate of drug-likeness (QED) is 0.682. The van der Waals surface area contributed by atoms with Crippen LogP contribution in [0.4, 0.5) is 0 Å². The molecule has 0 aliphatic heterocycles.